The molecule has 59 heavy (non-hydrogen) atoms. The molecule has 5 heterocycles. The number of hydrogen-bond donors (Lipinski definition) is 2. The zero-order chi connectivity index (χ0) is 40.3. The average Bonchev–Trinajstić information content (AvgIpc) is 4.04. The number of rotatable bonds is 6. The third-order valence-corrected chi connectivity index (χ3v) is 11.9. The second kappa shape index (κ2) is 15.2. The Kier molecular flexibility index (Phi) is 10.2. The minimum Gasteiger partial charge on any atom is -0.657 e. The molecule has 0 saturated carbocycles. The Hall–Kier alpha value is -6.18. The third-order valence-electron chi connectivity index (χ3n) is 10.2. The van der Waals surface area contributed by atoms with Crippen LogP contribution in [0.4, 0.5) is 0 Å². The van der Waals surface area contributed by atoms with Gasteiger partial charge in [0.2, 0.25) is 0 Å². The Labute approximate surface area is 351 Å². The maximum Gasteiger partial charge on any atom is 2.00 e. The topological polar surface area (TPSA) is 163 Å². The van der Waals surface area contributed by atoms with Gasteiger partial charge in [0.1, 0.15) is 0 Å². The van der Waals surface area contributed by atoms with Crippen LogP contribution in [0.25, 0.3) is 90.9 Å². The van der Waals surface area contributed by atoms with Gasteiger partial charge in [-0.3, -0.25) is 9.11 Å². The van der Waals surface area contributed by atoms with E-state index in [4.69, 9.17) is 19.9 Å². The number of hydrogen-bond acceptors (Lipinski definition) is 6. The van der Waals surface area contributed by atoms with Crippen LogP contribution >= 0.6 is 0 Å². The van der Waals surface area contributed by atoms with Gasteiger partial charge in [-0.15, -0.1) is 22.1 Å². The van der Waals surface area contributed by atoms with Gasteiger partial charge < -0.3 is 9.97 Å². The largest absolute Gasteiger partial charge is 2.00 e. The molecule has 0 spiro atoms. The molecule has 13 heteroatoms. The van der Waals surface area contributed by atoms with E-state index in [1.54, 1.807) is 24.3 Å². The van der Waals surface area contributed by atoms with Crippen molar-refractivity contribution in [1.29, 1.82) is 0 Å². The average molecular weight is 864 g/mol. The molecule has 10 nitrogen and oxygen atoms in total. The molecule has 8 bridgehead atoms. The number of nitrogens with zero attached hydrogens (tertiary/aromatic N) is 4. The molecular formula is C46H32CuN4O6S2. The SMILES string of the molecule is Cc1ccc(-c2c3nc(c(-c4ccc(S(=O)(=O)O)cc4)c4ccc([n-]4)c(-c4ccc(S(=O)(=O)O)cc4)c4nc(c(-c5ccc(C)cc5)c5ccc2[n-]5)C=C4)C=C3)cc1.[Cu+2]. The standard InChI is InChI=1S/C46H32N4O6S2.Cu/c1-27-3-7-29(8-4-27)43-35-19-20-36(47-35)44(30-9-5-28(2)6-10-30)38-22-24-40(49-38)46(32-13-17-34(18-14-32)58(54,55)56)42-26-25-41(50-42)45(39-23-21-37(43)48-39)31-11-15-33(16-12-31)57(51,52)53;/h3-26H,1-2H3,(H,51,52,53)(H,54,55,56);/q-2;+2. The van der Waals surface area contributed by atoms with E-state index in [0.717, 1.165) is 33.4 Å². The summed E-state index contributed by atoms with van der Waals surface area (Å²) in [6.45, 7) is 4.06. The minimum atomic E-state index is -4.45. The van der Waals surface area contributed by atoms with Crippen LogP contribution in [0, 0.1) is 13.8 Å². The second-order valence-corrected chi connectivity index (χ2v) is 16.9. The second-order valence-electron chi connectivity index (χ2n) is 14.1. The van der Waals surface area contributed by atoms with Crippen LogP contribution in [0.2, 0.25) is 0 Å². The van der Waals surface area contributed by atoms with Crippen molar-refractivity contribution in [2.75, 3.05) is 0 Å². The zero-order valence-corrected chi connectivity index (χ0v) is 33.9. The zero-order valence-electron chi connectivity index (χ0n) is 31.3. The van der Waals surface area contributed by atoms with E-state index in [9.17, 15) is 25.9 Å². The smallest absolute Gasteiger partial charge is 0.657 e. The molecule has 2 aliphatic heterocycles. The molecule has 4 aromatic carbocycles. The molecule has 0 amide bonds. The summed E-state index contributed by atoms with van der Waals surface area (Å²) >= 11 is 0. The van der Waals surface area contributed by atoms with Crippen molar-refractivity contribution in [1.82, 2.24) is 19.9 Å². The summed E-state index contributed by atoms with van der Waals surface area (Å²) in [5.41, 5.74) is 12.9. The van der Waals surface area contributed by atoms with Crippen molar-refractivity contribution in [3.05, 3.63) is 155 Å². The Bertz CT molecular complexity index is 3050. The molecule has 2 N–H and O–H groups in total. The minimum absolute atomic E-state index is 0. The van der Waals surface area contributed by atoms with Crippen LogP contribution in [0.5, 0.6) is 0 Å². The van der Waals surface area contributed by atoms with E-state index in [2.05, 4.69) is 0 Å². The van der Waals surface area contributed by atoms with Crippen molar-refractivity contribution >= 4 is 66.6 Å². The summed E-state index contributed by atoms with van der Waals surface area (Å²) in [5, 5.41) is 0. The summed E-state index contributed by atoms with van der Waals surface area (Å²) < 4.78 is 67.5. The maximum atomic E-state index is 12.0. The first-order valence-electron chi connectivity index (χ1n) is 18.2. The first-order valence-corrected chi connectivity index (χ1v) is 21.0. The van der Waals surface area contributed by atoms with Gasteiger partial charge in [-0.1, -0.05) is 108 Å². The third kappa shape index (κ3) is 7.63. The molecule has 0 atom stereocenters. The Morgan fingerprint density at radius 3 is 0.864 bits per heavy atom. The molecule has 1 radical (unpaired) electrons. The van der Waals surface area contributed by atoms with E-state index >= 15 is 0 Å². The van der Waals surface area contributed by atoms with Gasteiger partial charge in [0.25, 0.3) is 20.2 Å². The van der Waals surface area contributed by atoms with Crippen molar-refractivity contribution in [3.63, 3.8) is 0 Å². The van der Waals surface area contributed by atoms with Gasteiger partial charge in [-0.2, -0.15) is 16.8 Å². The first kappa shape index (κ1) is 39.6. The van der Waals surface area contributed by atoms with Crippen LogP contribution in [-0.4, -0.2) is 35.9 Å². The van der Waals surface area contributed by atoms with Crippen molar-refractivity contribution in [3.8, 4) is 44.5 Å². The summed E-state index contributed by atoms with van der Waals surface area (Å²) in [5.74, 6) is 0. The van der Waals surface area contributed by atoms with Gasteiger partial charge in [-0.05, 0) is 107 Å². The van der Waals surface area contributed by atoms with E-state index < -0.39 is 20.2 Å². The summed E-state index contributed by atoms with van der Waals surface area (Å²) in [6, 6.07) is 35.7. The molecule has 0 saturated heterocycles. The van der Waals surface area contributed by atoms with Crippen molar-refractivity contribution in [2.45, 2.75) is 23.6 Å². The van der Waals surface area contributed by atoms with Gasteiger partial charge in [0, 0.05) is 0 Å². The van der Waals surface area contributed by atoms with E-state index in [1.165, 1.54) is 24.3 Å². The molecule has 3 aromatic heterocycles. The number of aryl methyl sites for hydroxylation is 2. The van der Waals surface area contributed by atoms with E-state index in [-0.39, 0.29) is 26.9 Å². The molecule has 7 aromatic rings. The van der Waals surface area contributed by atoms with Crippen LogP contribution in [0.3, 0.4) is 0 Å². The van der Waals surface area contributed by atoms with Gasteiger partial charge >= 0.3 is 17.1 Å². The van der Waals surface area contributed by atoms with E-state index in [1.807, 2.05) is 111 Å². The van der Waals surface area contributed by atoms with E-state index in [0.29, 0.717) is 67.1 Å². The molecule has 0 unspecified atom stereocenters. The number of aromatic nitrogens is 4. The van der Waals surface area contributed by atoms with Gasteiger partial charge in [0.15, 0.2) is 0 Å². The molecule has 2 aliphatic rings. The summed E-state index contributed by atoms with van der Waals surface area (Å²) in [4.78, 5) is 20.3. The molecule has 0 fully saturated rings. The summed E-state index contributed by atoms with van der Waals surface area (Å²) in [6.07, 6.45) is 7.63. The fraction of sp³-hybridized carbons (Fsp3) is 0.0435. The fourth-order valence-corrected chi connectivity index (χ4v) is 8.26. The van der Waals surface area contributed by atoms with Crippen LogP contribution in [-0.2, 0) is 37.3 Å². The van der Waals surface area contributed by atoms with Gasteiger partial charge in [-0.25, -0.2) is 9.97 Å². The maximum absolute atomic E-state index is 12.0. The van der Waals surface area contributed by atoms with Gasteiger partial charge in [0.05, 0.1) is 32.6 Å². The number of benzene rings is 4. The Morgan fingerprint density at radius 1 is 0.390 bits per heavy atom. The van der Waals surface area contributed by atoms with Crippen LogP contribution < -0.4 is 9.97 Å². The quantitative estimate of drug-likeness (QED) is 0.122. The number of fused-ring (bicyclic) bond motifs is 8. The molecular weight excluding hydrogens is 832 g/mol. The molecule has 9 rings (SSSR count). The Balaban J connectivity index is 0.00000484. The fourth-order valence-electron chi connectivity index (χ4n) is 7.30. The predicted octanol–water partition coefficient (Wildman–Crippen LogP) is 9.69. The predicted molar refractivity (Wildman–Crippen MR) is 228 cm³/mol. The Morgan fingerprint density at radius 2 is 0.627 bits per heavy atom. The normalized spacial score (nSPS) is 12.4. The molecule has 0 aliphatic carbocycles. The molecule has 295 valence electrons. The van der Waals surface area contributed by atoms with Crippen molar-refractivity contribution < 1.29 is 43.0 Å². The van der Waals surface area contributed by atoms with Crippen molar-refractivity contribution in [2.24, 2.45) is 0 Å². The monoisotopic (exact) mass is 863 g/mol. The van der Waals surface area contributed by atoms with Crippen LogP contribution in [0.15, 0.2) is 131 Å². The first-order chi connectivity index (χ1) is 27.8. The summed E-state index contributed by atoms with van der Waals surface area (Å²) in [7, 11) is -8.91. The van der Waals surface area contributed by atoms with Crippen LogP contribution in [0.1, 0.15) is 33.9 Å².